The normalized spacial score (nSPS) is 11.5. The number of hydrogen-bond donors (Lipinski definition) is 2. The summed E-state index contributed by atoms with van der Waals surface area (Å²) in [6, 6.07) is 10.2. The van der Waals surface area contributed by atoms with Crippen LogP contribution < -0.4 is 26.6 Å². The Balaban J connectivity index is 1.87. The number of aromatic amines is 1. The molecular weight excluding hydrogens is 476 g/mol. The number of rotatable bonds is 8. The first-order valence-corrected chi connectivity index (χ1v) is 12.0. The number of nitrogens with zero attached hydrogens (tertiary/aromatic N) is 5. The predicted molar refractivity (Wildman–Crippen MR) is 144 cm³/mol. The first-order chi connectivity index (χ1) is 17.7. The van der Waals surface area contributed by atoms with Gasteiger partial charge in [-0.3, -0.25) is 23.9 Å². The third-order valence-electron chi connectivity index (χ3n) is 6.33. The van der Waals surface area contributed by atoms with Gasteiger partial charge in [-0.05, 0) is 57.2 Å². The maximum atomic E-state index is 12.7. The lowest BCUT2D eigenvalue weighted by Crippen LogP contribution is -2.31. The Labute approximate surface area is 212 Å². The maximum Gasteiger partial charge on any atom is 0.335 e. The van der Waals surface area contributed by atoms with Crippen molar-refractivity contribution in [3.8, 4) is 17.3 Å². The second-order valence-corrected chi connectivity index (χ2v) is 8.42. The van der Waals surface area contributed by atoms with Gasteiger partial charge in [-0.15, -0.1) is 0 Å². The van der Waals surface area contributed by atoms with Crippen LogP contribution in [0.25, 0.3) is 16.7 Å². The molecule has 0 bridgehead atoms. The Morgan fingerprint density at radius 2 is 1.62 bits per heavy atom. The zero-order valence-corrected chi connectivity index (χ0v) is 21.5. The molecule has 194 valence electrons. The van der Waals surface area contributed by atoms with Crippen LogP contribution in [0.2, 0.25) is 0 Å². The molecule has 2 aromatic heterocycles. The molecule has 0 saturated carbocycles. The van der Waals surface area contributed by atoms with Gasteiger partial charge in [0, 0.05) is 33.4 Å². The number of aromatic nitrogens is 4. The highest BCUT2D eigenvalue weighted by Crippen LogP contribution is 2.33. The molecule has 0 fully saturated rings. The smallest absolute Gasteiger partial charge is 0.335 e. The van der Waals surface area contributed by atoms with Crippen LogP contribution in [0.4, 0.5) is 11.4 Å². The first kappa shape index (κ1) is 25.5. The second kappa shape index (κ2) is 10.2. The number of hydrogen-bond acceptors (Lipinski definition) is 7. The average Bonchev–Trinajstić information content (AvgIpc) is 3.08. The number of fused-ring (bicyclic) bond motifs is 1. The molecule has 4 rings (SSSR count). The van der Waals surface area contributed by atoms with Crippen LogP contribution in [0.1, 0.15) is 26.3 Å². The summed E-state index contributed by atoms with van der Waals surface area (Å²) in [7, 11) is 3.39. The molecule has 0 atom stereocenters. The summed E-state index contributed by atoms with van der Waals surface area (Å²) in [6.07, 6.45) is 1.23. The fourth-order valence-electron chi connectivity index (χ4n) is 4.33. The highest BCUT2D eigenvalue weighted by Gasteiger charge is 2.17. The maximum absolute atomic E-state index is 12.7. The zero-order chi connectivity index (χ0) is 26.9. The van der Waals surface area contributed by atoms with Crippen LogP contribution in [0.3, 0.4) is 0 Å². The molecule has 0 aliphatic carbocycles. The van der Waals surface area contributed by atoms with E-state index in [1.807, 2.05) is 26.8 Å². The molecule has 0 aliphatic heterocycles. The molecule has 0 radical (unpaired) electrons. The van der Waals surface area contributed by atoms with Gasteiger partial charge >= 0.3 is 11.4 Å². The molecule has 0 aliphatic rings. The highest BCUT2D eigenvalue weighted by atomic mass is 16.5. The van der Waals surface area contributed by atoms with Crippen LogP contribution in [0.5, 0.6) is 11.6 Å². The third-order valence-corrected chi connectivity index (χ3v) is 6.33. The van der Waals surface area contributed by atoms with Crippen LogP contribution in [-0.2, 0) is 14.1 Å². The quantitative estimate of drug-likeness (QED) is 0.354. The summed E-state index contributed by atoms with van der Waals surface area (Å²) in [5.41, 5.74) is 1.15. The van der Waals surface area contributed by atoms with Gasteiger partial charge in [-0.25, -0.2) is 14.2 Å². The van der Waals surface area contributed by atoms with Gasteiger partial charge in [-0.1, -0.05) is 0 Å². The highest BCUT2D eigenvalue weighted by molar-refractivity contribution is 5.91. The molecule has 0 unspecified atom stereocenters. The van der Waals surface area contributed by atoms with Gasteiger partial charge in [0.2, 0.25) is 5.88 Å². The van der Waals surface area contributed by atoms with Crippen molar-refractivity contribution in [1.82, 2.24) is 18.7 Å². The number of anilines is 1. The summed E-state index contributed by atoms with van der Waals surface area (Å²) in [5, 5.41) is 10.9. The van der Waals surface area contributed by atoms with Crippen LogP contribution >= 0.6 is 0 Å². The molecule has 0 spiro atoms. The summed E-state index contributed by atoms with van der Waals surface area (Å²) in [5.74, 6) is 0.0684. The topological polar surface area (TPSA) is 127 Å². The second-order valence-electron chi connectivity index (χ2n) is 8.42. The van der Waals surface area contributed by atoms with Gasteiger partial charge in [-0.2, -0.15) is 0 Å². The molecule has 4 aromatic rings. The zero-order valence-electron chi connectivity index (χ0n) is 21.5. The minimum Gasteiger partial charge on any atom is -0.494 e. The molecule has 2 heterocycles. The van der Waals surface area contributed by atoms with Crippen LogP contribution in [0.15, 0.2) is 55.8 Å². The first-order valence-electron chi connectivity index (χ1n) is 12.0. The lowest BCUT2D eigenvalue weighted by molar-refractivity contribution is 0.340. The van der Waals surface area contributed by atoms with E-state index in [-0.39, 0.29) is 11.3 Å². The van der Waals surface area contributed by atoms with Crippen LogP contribution in [0, 0.1) is 0 Å². The number of nitrogens with one attached hydrogen (secondary N) is 1. The van der Waals surface area contributed by atoms with Crippen molar-refractivity contribution in [2.75, 3.05) is 24.6 Å². The molecule has 11 nitrogen and oxygen atoms in total. The Morgan fingerprint density at radius 1 is 1.00 bits per heavy atom. The van der Waals surface area contributed by atoms with Gasteiger partial charge in [0.15, 0.2) is 0 Å². The van der Waals surface area contributed by atoms with E-state index in [1.165, 1.54) is 10.8 Å². The number of H-pyrrole nitrogens is 1. The molecule has 0 saturated heterocycles. The van der Waals surface area contributed by atoms with Crippen LogP contribution in [-0.4, -0.2) is 49.7 Å². The van der Waals surface area contributed by atoms with Crippen molar-refractivity contribution in [2.24, 2.45) is 19.1 Å². The number of aromatic hydroxyl groups is 1. The van der Waals surface area contributed by atoms with E-state index in [2.05, 4.69) is 14.9 Å². The average molecular weight is 507 g/mol. The third kappa shape index (κ3) is 4.55. The van der Waals surface area contributed by atoms with Gasteiger partial charge in [0.25, 0.3) is 5.56 Å². The van der Waals surface area contributed by atoms with E-state index in [0.29, 0.717) is 42.3 Å². The predicted octanol–water partition coefficient (Wildman–Crippen LogP) is 2.42. The van der Waals surface area contributed by atoms with E-state index in [0.717, 1.165) is 15.8 Å². The van der Waals surface area contributed by atoms with E-state index < -0.39 is 17.1 Å². The molecular formula is C26H30N6O5. The molecule has 0 amide bonds. The lowest BCUT2D eigenvalue weighted by atomic mass is 10.2. The SMILES string of the molecule is CCOc1ccc(-n2c(O)c(C=Nc3cc4c(cc3N(CC)CC)n(C)c(=O)n4C)c(=O)[nH]c2=O)cc1. The van der Waals surface area contributed by atoms with Gasteiger partial charge in [0.05, 0.1) is 34.7 Å². The number of imidazole rings is 1. The van der Waals surface area contributed by atoms with E-state index in [1.54, 1.807) is 49.0 Å². The minimum absolute atomic E-state index is 0.168. The Bertz CT molecular complexity index is 1650. The summed E-state index contributed by atoms with van der Waals surface area (Å²) in [6.45, 7) is 7.75. The summed E-state index contributed by atoms with van der Waals surface area (Å²) in [4.78, 5) is 46.6. The molecule has 37 heavy (non-hydrogen) atoms. The largest absolute Gasteiger partial charge is 0.494 e. The standard InChI is InChI=1S/C26H30N6O5/c1-6-31(7-2)20-14-22-21(29(4)26(36)30(22)5)13-19(20)27-15-18-23(33)28-25(35)32(24(18)34)16-9-11-17(12-10-16)37-8-3/h9-15,34H,6-8H2,1-5H3,(H,28,33,35). The number of benzene rings is 2. The van der Waals surface area contributed by atoms with Gasteiger partial charge < -0.3 is 14.7 Å². The van der Waals surface area contributed by atoms with Crippen molar-refractivity contribution in [1.29, 1.82) is 0 Å². The molecule has 2 aromatic carbocycles. The minimum atomic E-state index is -0.784. The Kier molecular flexibility index (Phi) is 7.05. The number of aryl methyl sites for hydroxylation is 2. The Morgan fingerprint density at radius 3 is 2.22 bits per heavy atom. The molecule has 11 heteroatoms. The summed E-state index contributed by atoms with van der Waals surface area (Å²) < 4.78 is 9.52. The monoisotopic (exact) mass is 506 g/mol. The van der Waals surface area contributed by atoms with E-state index >= 15 is 0 Å². The fraction of sp³-hybridized carbons (Fsp3) is 0.308. The Hall–Kier alpha value is -4.54. The van der Waals surface area contributed by atoms with Crippen molar-refractivity contribution in [3.05, 3.63) is 73.3 Å². The van der Waals surface area contributed by atoms with E-state index in [4.69, 9.17) is 4.74 Å². The van der Waals surface area contributed by atoms with Crippen molar-refractivity contribution in [2.45, 2.75) is 20.8 Å². The summed E-state index contributed by atoms with van der Waals surface area (Å²) >= 11 is 0. The number of aliphatic imine (C=N–C) groups is 1. The fourth-order valence-corrected chi connectivity index (χ4v) is 4.33. The van der Waals surface area contributed by atoms with Crippen molar-refractivity contribution in [3.63, 3.8) is 0 Å². The van der Waals surface area contributed by atoms with Gasteiger partial charge in [0.1, 0.15) is 11.3 Å². The van der Waals surface area contributed by atoms with Crippen molar-refractivity contribution < 1.29 is 9.84 Å². The van der Waals surface area contributed by atoms with Crippen molar-refractivity contribution >= 4 is 28.6 Å². The molecule has 2 N–H and O–H groups in total. The lowest BCUT2D eigenvalue weighted by Gasteiger charge is -2.23. The number of ether oxygens (including phenoxy) is 1. The van der Waals surface area contributed by atoms with E-state index in [9.17, 15) is 19.5 Å².